The molecule has 1 fully saturated rings. The average molecular weight is 337 g/mol. The van der Waals surface area contributed by atoms with Gasteiger partial charge in [0.05, 0.1) is 12.9 Å². The molecule has 0 saturated carbocycles. The third-order valence-electron chi connectivity index (χ3n) is 4.49. The summed E-state index contributed by atoms with van der Waals surface area (Å²) in [5.41, 5.74) is 0.873. The quantitative estimate of drug-likeness (QED) is 0.602. The Morgan fingerprint density at radius 3 is 2.62 bits per heavy atom. The monoisotopic (exact) mass is 337 g/mol. The van der Waals surface area contributed by atoms with Gasteiger partial charge in [-0.2, -0.15) is 0 Å². The molecule has 3 rings (SSSR count). The molecule has 1 aliphatic heterocycles. The van der Waals surface area contributed by atoms with E-state index in [4.69, 9.17) is 4.74 Å². The highest BCUT2D eigenvalue weighted by Gasteiger charge is 2.44. The van der Waals surface area contributed by atoms with Gasteiger partial charge in [-0.25, -0.2) is 15.0 Å². The van der Waals surface area contributed by atoms with Crippen molar-refractivity contribution in [1.29, 1.82) is 0 Å². The van der Waals surface area contributed by atoms with Crippen molar-refractivity contribution in [3.05, 3.63) is 12.7 Å². The average Bonchev–Trinajstić information content (AvgIpc) is 3.10. The second kappa shape index (κ2) is 6.25. The van der Waals surface area contributed by atoms with E-state index in [-0.39, 0.29) is 12.1 Å². The molecule has 1 saturated heterocycles. The van der Waals surface area contributed by atoms with Crippen LogP contribution in [0, 0.1) is 0 Å². The maximum atomic E-state index is 10.2. The first kappa shape index (κ1) is 17.0. The second-order valence-electron chi connectivity index (χ2n) is 6.64. The smallest absolute Gasteiger partial charge is 0.167 e. The molecule has 0 bridgehead atoms. The van der Waals surface area contributed by atoms with Crippen LogP contribution in [0.15, 0.2) is 12.7 Å². The number of aliphatic hydroxyl groups is 3. The standard InChI is InChI=1S/C15H23N5O4/c1-4-15(2,3)19-12-9-13(17-6-16-12)20(7-18-9)14-11(23)10(22)8(5-21)24-14/h6-8,10-11,14,21-23H,4-5H2,1-3H3,(H,16,17,19)/t8-,10-,11-,14?/m1/s1. The maximum Gasteiger partial charge on any atom is 0.167 e. The number of ether oxygens (including phenoxy) is 1. The molecule has 0 aromatic carbocycles. The van der Waals surface area contributed by atoms with Crippen LogP contribution >= 0.6 is 0 Å². The van der Waals surface area contributed by atoms with E-state index >= 15 is 0 Å². The first-order chi connectivity index (χ1) is 11.4. The molecule has 0 radical (unpaired) electrons. The molecule has 1 unspecified atom stereocenters. The van der Waals surface area contributed by atoms with Crippen molar-refractivity contribution in [1.82, 2.24) is 19.5 Å². The topological polar surface area (TPSA) is 126 Å². The molecule has 0 spiro atoms. The fraction of sp³-hybridized carbons (Fsp3) is 0.667. The second-order valence-corrected chi connectivity index (χ2v) is 6.64. The summed E-state index contributed by atoms with van der Waals surface area (Å²) in [5.74, 6) is 0.595. The molecule has 24 heavy (non-hydrogen) atoms. The molecular formula is C15H23N5O4. The van der Waals surface area contributed by atoms with Crippen molar-refractivity contribution in [2.45, 2.75) is 57.3 Å². The number of nitrogens with one attached hydrogen (secondary N) is 1. The lowest BCUT2D eigenvalue weighted by molar-refractivity contribution is -0.0511. The minimum absolute atomic E-state index is 0.160. The molecule has 9 heteroatoms. The largest absolute Gasteiger partial charge is 0.394 e. The fourth-order valence-corrected chi connectivity index (χ4v) is 2.65. The van der Waals surface area contributed by atoms with Gasteiger partial charge < -0.3 is 25.4 Å². The third-order valence-corrected chi connectivity index (χ3v) is 4.49. The number of fused-ring (bicyclic) bond motifs is 1. The molecule has 1 aliphatic rings. The van der Waals surface area contributed by atoms with Crippen molar-refractivity contribution < 1.29 is 20.1 Å². The van der Waals surface area contributed by atoms with Crippen molar-refractivity contribution in [2.24, 2.45) is 0 Å². The third kappa shape index (κ3) is 2.84. The van der Waals surface area contributed by atoms with Gasteiger partial charge in [-0.05, 0) is 20.3 Å². The van der Waals surface area contributed by atoms with E-state index in [1.165, 1.54) is 12.7 Å². The highest BCUT2D eigenvalue weighted by atomic mass is 16.6. The van der Waals surface area contributed by atoms with Crippen LogP contribution in [0.5, 0.6) is 0 Å². The highest BCUT2D eigenvalue weighted by molar-refractivity contribution is 5.83. The molecular weight excluding hydrogens is 314 g/mol. The Balaban J connectivity index is 1.97. The number of imidazole rings is 1. The van der Waals surface area contributed by atoms with E-state index in [9.17, 15) is 15.3 Å². The Hall–Kier alpha value is -1.81. The summed E-state index contributed by atoms with van der Waals surface area (Å²) in [6.07, 6.45) is -0.271. The number of aromatic nitrogens is 4. The van der Waals surface area contributed by atoms with Crippen molar-refractivity contribution in [3.63, 3.8) is 0 Å². The number of anilines is 1. The zero-order chi connectivity index (χ0) is 17.5. The molecule has 0 amide bonds. The van der Waals surface area contributed by atoms with Gasteiger partial charge in [0.2, 0.25) is 0 Å². The van der Waals surface area contributed by atoms with Gasteiger partial charge in [0, 0.05) is 5.54 Å². The number of hydrogen-bond donors (Lipinski definition) is 4. The van der Waals surface area contributed by atoms with Crippen LogP contribution in [-0.4, -0.2) is 65.3 Å². The predicted molar refractivity (Wildman–Crippen MR) is 86.3 cm³/mol. The molecule has 2 aromatic rings. The lowest BCUT2D eigenvalue weighted by Gasteiger charge is -2.25. The summed E-state index contributed by atoms with van der Waals surface area (Å²) in [4.78, 5) is 12.8. The molecule has 132 valence electrons. The van der Waals surface area contributed by atoms with Gasteiger partial charge >= 0.3 is 0 Å². The van der Waals surface area contributed by atoms with Crippen LogP contribution in [0.2, 0.25) is 0 Å². The lowest BCUT2D eigenvalue weighted by Crippen LogP contribution is -2.33. The van der Waals surface area contributed by atoms with Crippen molar-refractivity contribution in [3.8, 4) is 0 Å². The van der Waals surface area contributed by atoms with E-state index in [1.807, 2.05) is 0 Å². The molecule has 0 aliphatic carbocycles. The normalized spacial score (nSPS) is 27.8. The Morgan fingerprint density at radius 2 is 2.00 bits per heavy atom. The Bertz CT molecular complexity index is 719. The van der Waals surface area contributed by atoms with Gasteiger partial charge in [0.1, 0.15) is 24.6 Å². The van der Waals surface area contributed by atoms with E-state index in [0.29, 0.717) is 17.0 Å². The number of nitrogens with zero attached hydrogens (tertiary/aromatic N) is 4. The van der Waals surface area contributed by atoms with Gasteiger partial charge in [-0.3, -0.25) is 4.57 Å². The zero-order valence-corrected chi connectivity index (χ0v) is 13.9. The van der Waals surface area contributed by atoms with E-state index in [1.54, 1.807) is 4.57 Å². The Kier molecular flexibility index (Phi) is 4.43. The van der Waals surface area contributed by atoms with Gasteiger partial charge in [0.15, 0.2) is 23.2 Å². The van der Waals surface area contributed by atoms with Crippen LogP contribution in [0.4, 0.5) is 5.82 Å². The summed E-state index contributed by atoms with van der Waals surface area (Å²) in [6, 6.07) is 0. The minimum atomic E-state index is -1.18. The predicted octanol–water partition coefficient (Wildman–Crippen LogP) is 0.0383. The summed E-state index contributed by atoms with van der Waals surface area (Å²) in [5, 5.41) is 32.7. The van der Waals surface area contributed by atoms with Crippen LogP contribution < -0.4 is 5.32 Å². The summed E-state index contributed by atoms with van der Waals surface area (Å²) in [6.45, 7) is 5.81. The lowest BCUT2D eigenvalue weighted by atomic mass is 10.0. The van der Waals surface area contributed by atoms with Crippen LogP contribution in [-0.2, 0) is 4.74 Å². The number of rotatable bonds is 5. The van der Waals surface area contributed by atoms with Crippen molar-refractivity contribution >= 4 is 17.0 Å². The maximum absolute atomic E-state index is 10.2. The van der Waals surface area contributed by atoms with Gasteiger partial charge in [-0.1, -0.05) is 6.92 Å². The van der Waals surface area contributed by atoms with E-state index in [0.717, 1.165) is 6.42 Å². The molecule has 9 nitrogen and oxygen atoms in total. The number of aliphatic hydroxyl groups excluding tert-OH is 3. The SMILES string of the molecule is CCC(C)(C)Nc1ncnc2c1ncn2C1O[C@H](CO)[C@@H](O)[C@H]1O. The zero-order valence-electron chi connectivity index (χ0n) is 13.9. The first-order valence-corrected chi connectivity index (χ1v) is 7.96. The molecule has 2 aromatic heterocycles. The number of hydrogen-bond acceptors (Lipinski definition) is 8. The minimum Gasteiger partial charge on any atom is -0.394 e. The van der Waals surface area contributed by atoms with Gasteiger partial charge in [0.25, 0.3) is 0 Å². The first-order valence-electron chi connectivity index (χ1n) is 7.96. The van der Waals surface area contributed by atoms with Crippen molar-refractivity contribution in [2.75, 3.05) is 11.9 Å². The summed E-state index contributed by atoms with van der Waals surface area (Å²) in [7, 11) is 0. The molecule has 3 heterocycles. The van der Waals surface area contributed by atoms with E-state index < -0.39 is 24.5 Å². The summed E-state index contributed by atoms with van der Waals surface area (Å²) < 4.78 is 7.09. The fourth-order valence-electron chi connectivity index (χ4n) is 2.65. The van der Waals surface area contributed by atoms with Crippen LogP contribution in [0.1, 0.15) is 33.4 Å². The molecule has 4 N–H and O–H groups in total. The van der Waals surface area contributed by atoms with Gasteiger partial charge in [-0.15, -0.1) is 0 Å². The van der Waals surface area contributed by atoms with E-state index in [2.05, 4.69) is 41.0 Å². The van der Waals surface area contributed by atoms with Crippen LogP contribution in [0.3, 0.4) is 0 Å². The van der Waals surface area contributed by atoms with Crippen LogP contribution in [0.25, 0.3) is 11.2 Å². The molecule has 4 atom stereocenters. The summed E-state index contributed by atoms with van der Waals surface area (Å²) >= 11 is 0. The Morgan fingerprint density at radius 1 is 1.25 bits per heavy atom. The Labute approximate surface area is 139 Å². The highest BCUT2D eigenvalue weighted by Crippen LogP contribution is 2.32.